The zero-order valence-corrected chi connectivity index (χ0v) is 12.8. The summed E-state index contributed by atoms with van der Waals surface area (Å²) < 4.78 is 1.59. The van der Waals surface area contributed by atoms with Gasteiger partial charge in [0.15, 0.2) is 0 Å². The number of amides is 2. The summed E-state index contributed by atoms with van der Waals surface area (Å²) in [6, 6.07) is 1.54. The van der Waals surface area contributed by atoms with Crippen LogP contribution in [0.3, 0.4) is 0 Å². The van der Waals surface area contributed by atoms with Gasteiger partial charge in [0.25, 0.3) is 0 Å². The largest absolute Gasteiger partial charge is 0.336 e. The highest BCUT2D eigenvalue weighted by Gasteiger charge is 2.26. The van der Waals surface area contributed by atoms with Crippen LogP contribution in [0.2, 0.25) is 0 Å². The van der Waals surface area contributed by atoms with Crippen LogP contribution >= 0.6 is 0 Å². The second kappa shape index (κ2) is 6.71. The topological polar surface area (TPSA) is 70.5 Å². The van der Waals surface area contributed by atoms with E-state index >= 15 is 0 Å². The first-order valence-electron chi connectivity index (χ1n) is 7.25. The number of hydrogen-bond donors (Lipinski definition) is 1. The third-order valence-corrected chi connectivity index (χ3v) is 3.85. The number of rotatable bonds is 4. The van der Waals surface area contributed by atoms with Gasteiger partial charge in [0.2, 0.25) is 11.8 Å². The Morgan fingerprint density at radius 2 is 2.29 bits per heavy atom. The van der Waals surface area contributed by atoms with E-state index in [0.717, 1.165) is 13.1 Å². The molecule has 0 spiro atoms. The van der Waals surface area contributed by atoms with Crippen molar-refractivity contribution in [3.05, 3.63) is 18.5 Å². The van der Waals surface area contributed by atoms with Crippen LogP contribution in [-0.4, -0.2) is 70.7 Å². The van der Waals surface area contributed by atoms with Crippen molar-refractivity contribution in [1.82, 2.24) is 24.9 Å². The fourth-order valence-electron chi connectivity index (χ4n) is 2.53. The maximum atomic E-state index is 12.3. The molecule has 0 bridgehead atoms. The molecule has 1 N–H and O–H groups in total. The highest BCUT2D eigenvalue weighted by atomic mass is 16.2. The molecule has 1 aromatic rings. The van der Waals surface area contributed by atoms with Crippen molar-refractivity contribution in [3.63, 3.8) is 0 Å². The second-order valence-electron chi connectivity index (χ2n) is 5.50. The van der Waals surface area contributed by atoms with Gasteiger partial charge in [-0.05, 0) is 19.9 Å². The van der Waals surface area contributed by atoms with Gasteiger partial charge in [-0.3, -0.25) is 14.3 Å². The van der Waals surface area contributed by atoms with Gasteiger partial charge in [0.1, 0.15) is 6.04 Å². The Morgan fingerprint density at radius 3 is 2.90 bits per heavy atom. The van der Waals surface area contributed by atoms with E-state index in [1.807, 2.05) is 11.8 Å². The minimum atomic E-state index is -0.404. The van der Waals surface area contributed by atoms with Crippen LogP contribution < -0.4 is 5.32 Å². The average Bonchev–Trinajstić information content (AvgIpc) is 3.00. The number of nitrogens with zero attached hydrogens (tertiary/aromatic N) is 4. The van der Waals surface area contributed by atoms with Crippen LogP contribution in [0.4, 0.5) is 0 Å². The molecular formula is C14H23N5O2. The Hall–Kier alpha value is -1.89. The van der Waals surface area contributed by atoms with Crippen molar-refractivity contribution >= 4 is 11.8 Å². The van der Waals surface area contributed by atoms with Crippen molar-refractivity contribution < 1.29 is 9.59 Å². The van der Waals surface area contributed by atoms with E-state index in [4.69, 9.17) is 0 Å². The zero-order chi connectivity index (χ0) is 15.4. The number of likely N-dealkylation sites (N-methyl/N-ethyl adjacent to an activating group) is 1. The molecule has 0 radical (unpaired) electrons. The van der Waals surface area contributed by atoms with Gasteiger partial charge in [0.05, 0.1) is 6.54 Å². The van der Waals surface area contributed by atoms with Crippen molar-refractivity contribution in [1.29, 1.82) is 0 Å². The highest BCUT2D eigenvalue weighted by molar-refractivity contribution is 5.86. The molecule has 7 nitrogen and oxygen atoms in total. The predicted octanol–water partition coefficient (Wildman–Crippen LogP) is -0.277. The summed E-state index contributed by atoms with van der Waals surface area (Å²) in [6.45, 7) is 6.19. The molecule has 1 fully saturated rings. The van der Waals surface area contributed by atoms with Gasteiger partial charge in [-0.15, -0.1) is 0 Å². The van der Waals surface area contributed by atoms with Crippen LogP contribution in [0.15, 0.2) is 18.5 Å². The van der Waals surface area contributed by atoms with Gasteiger partial charge in [-0.1, -0.05) is 0 Å². The number of piperazine rings is 1. The molecule has 1 aliphatic heterocycles. The summed E-state index contributed by atoms with van der Waals surface area (Å²) in [5.74, 6) is -0.123. The van der Waals surface area contributed by atoms with E-state index in [-0.39, 0.29) is 24.4 Å². The van der Waals surface area contributed by atoms with Crippen molar-refractivity contribution in [2.75, 3.05) is 33.2 Å². The molecule has 2 atom stereocenters. The number of nitrogens with one attached hydrogen (secondary N) is 1. The molecule has 0 aliphatic carbocycles. The Bertz CT molecular complexity index is 488. The van der Waals surface area contributed by atoms with Crippen LogP contribution in [0, 0.1) is 0 Å². The van der Waals surface area contributed by atoms with Gasteiger partial charge in [-0.25, -0.2) is 0 Å². The van der Waals surface area contributed by atoms with E-state index in [2.05, 4.69) is 10.4 Å². The number of hydrogen-bond acceptors (Lipinski definition) is 4. The third kappa shape index (κ3) is 3.60. The summed E-state index contributed by atoms with van der Waals surface area (Å²) in [5.41, 5.74) is 0. The molecule has 1 aliphatic rings. The molecule has 0 aromatic carbocycles. The molecular weight excluding hydrogens is 270 g/mol. The maximum absolute atomic E-state index is 12.3. The summed E-state index contributed by atoms with van der Waals surface area (Å²) >= 11 is 0. The lowest BCUT2D eigenvalue weighted by atomic mass is 10.2. The molecule has 0 saturated carbocycles. The fourth-order valence-corrected chi connectivity index (χ4v) is 2.53. The second-order valence-corrected chi connectivity index (χ2v) is 5.50. The summed E-state index contributed by atoms with van der Waals surface area (Å²) in [4.78, 5) is 27.9. The molecule has 2 rings (SSSR count). The maximum Gasteiger partial charge on any atom is 0.247 e. The molecule has 116 valence electrons. The normalized spacial score (nSPS) is 20.1. The van der Waals surface area contributed by atoms with Crippen molar-refractivity contribution in [2.45, 2.75) is 25.9 Å². The number of carbonyl (C=O) groups excluding carboxylic acids is 2. The van der Waals surface area contributed by atoms with Crippen LogP contribution in [0.1, 0.15) is 19.9 Å². The molecule has 2 amide bonds. The first-order valence-corrected chi connectivity index (χ1v) is 7.25. The Balaban J connectivity index is 1.92. The quantitative estimate of drug-likeness (QED) is 0.829. The summed E-state index contributed by atoms with van der Waals surface area (Å²) in [5, 5.41) is 7.31. The number of carbonyl (C=O) groups is 2. The van der Waals surface area contributed by atoms with Crippen molar-refractivity contribution in [3.8, 4) is 0 Å². The Labute approximate surface area is 124 Å². The minimum absolute atomic E-state index is 0.00693. The predicted molar refractivity (Wildman–Crippen MR) is 78.6 cm³/mol. The highest BCUT2D eigenvalue weighted by Crippen LogP contribution is 2.09. The first kappa shape index (κ1) is 15.5. The third-order valence-electron chi connectivity index (χ3n) is 3.85. The van der Waals surface area contributed by atoms with Crippen LogP contribution in [0.5, 0.6) is 0 Å². The molecule has 21 heavy (non-hydrogen) atoms. The Kier molecular flexibility index (Phi) is 4.95. The minimum Gasteiger partial charge on any atom is -0.336 e. The molecule has 1 saturated heterocycles. The fraction of sp³-hybridized carbons (Fsp3) is 0.643. The van der Waals surface area contributed by atoms with Gasteiger partial charge in [-0.2, -0.15) is 5.10 Å². The smallest absolute Gasteiger partial charge is 0.247 e. The molecule has 2 heterocycles. The van der Waals surface area contributed by atoms with E-state index in [1.54, 1.807) is 37.1 Å². The van der Waals surface area contributed by atoms with Crippen LogP contribution in [0.25, 0.3) is 0 Å². The van der Waals surface area contributed by atoms with E-state index in [0.29, 0.717) is 6.54 Å². The van der Waals surface area contributed by atoms with E-state index in [1.165, 1.54) is 4.90 Å². The van der Waals surface area contributed by atoms with Gasteiger partial charge >= 0.3 is 0 Å². The monoisotopic (exact) mass is 293 g/mol. The summed E-state index contributed by atoms with van der Waals surface area (Å²) in [6.07, 6.45) is 3.38. The first-order chi connectivity index (χ1) is 10.0. The molecule has 1 unspecified atom stereocenters. The van der Waals surface area contributed by atoms with Gasteiger partial charge < -0.3 is 15.1 Å². The lowest BCUT2D eigenvalue weighted by Crippen LogP contribution is -2.54. The molecule has 1 aromatic heterocycles. The average molecular weight is 293 g/mol. The standard InChI is InChI=1S/C14H23N5O2/c1-11-9-15-6-8-18(11)13(20)10-17(3)14(21)12(2)19-7-4-5-16-19/h4-5,7,11-12,15H,6,8-10H2,1-3H3/t11-,12?/m1/s1. The van der Waals surface area contributed by atoms with Crippen molar-refractivity contribution in [2.24, 2.45) is 0 Å². The SMILES string of the molecule is CC(C(=O)N(C)CC(=O)N1CCNC[C@H]1C)n1cccn1. The lowest BCUT2D eigenvalue weighted by Gasteiger charge is -2.35. The Morgan fingerprint density at radius 1 is 1.52 bits per heavy atom. The molecule has 7 heteroatoms. The summed E-state index contributed by atoms with van der Waals surface area (Å²) in [7, 11) is 1.66. The lowest BCUT2D eigenvalue weighted by molar-refractivity contribution is -0.142. The van der Waals surface area contributed by atoms with E-state index < -0.39 is 6.04 Å². The zero-order valence-electron chi connectivity index (χ0n) is 12.8. The van der Waals surface area contributed by atoms with Gasteiger partial charge in [0, 0.05) is 45.1 Å². The van der Waals surface area contributed by atoms with E-state index in [9.17, 15) is 9.59 Å². The number of aromatic nitrogens is 2. The van der Waals surface area contributed by atoms with Crippen LogP contribution in [-0.2, 0) is 9.59 Å².